The molecule has 0 fully saturated rings. The van der Waals surface area contributed by atoms with E-state index in [4.69, 9.17) is 28.4 Å². The summed E-state index contributed by atoms with van der Waals surface area (Å²) < 4.78 is 47.6. The van der Waals surface area contributed by atoms with E-state index in [2.05, 4.69) is 61.5 Å². The summed E-state index contributed by atoms with van der Waals surface area (Å²) in [4.78, 5) is 89.7. The average molecular weight is 1590 g/mol. The Morgan fingerprint density at radius 1 is 0.286 bits per heavy atom. The molecule has 0 atom stereocenters. The predicted octanol–water partition coefficient (Wildman–Crippen LogP) is 22.1. The molecule has 0 aliphatic carbocycles. The topological polar surface area (TPSA) is 291 Å². The minimum absolute atomic E-state index is 0. The molecule has 15 aromatic rings. The van der Waals surface area contributed by atoms with Gasteiger partial charge in [-0.3, -0.25) is 48.9 Å². The Morgan fingerprint density at radius 3 is 0.891 bits per heavy atom. The van der Waals surface area contributed by atoms with E-state index in [0.29, 0.717) is 120 Å². The van der Waals surface area contributed by atoms with Crippen LogP contribution < -0.4 is 55.0 Å². The van der Waals surface area contributed by atoms with Gasteiger partial charge in [-0.05, 0) is 215 Å². The molecule has 119 heavy (non-hydrogen) atoms. The molecular weight excluding hydrogens is 1500 g/mol. The van der Waals surface area contributed by atoms with Gasteiger partial charge in [-0.2, -0.15) is 0 Å². The van der Waals surface area contributed by atoms with Gasteiger partial charge < -0.3 is 55.0 Å². The molecule has 24 heteroatoms. The van der Waals surface area contributed by atoms with Crippen LogP contribution in [0.5, 0.6) is 63.2 Å². The van der Waals surface area contributed by atoms with Gasteiger partial charge in [0, 0.05) is 112 Å². The lowest BCUT2D eigenvalue weighted by Crippen LogP contribution is -2.14. The van der Waals surface area contributed by atoms with Crippen molar-refractivity contribution in [3.63, 3.8) is 0 Å². The highest BCUT2D eigenvalue weighted by molar-refractivity contribution is 6.07. The number of aromatic nitrogens is 7. The van der Waals surface area contributed by atoms with E-state index in [1.54, 1.807) is 246 Å². The van der Waals surface area contributed by atoms with Crippen LogP contribution in [0.3, 0.4) is 0 Å². The van der Waals surface area contributed by atoms with Crippen molar-refractivity contribution in [1.82, 2.24) is 34.9 Å². The summed E-state index contributed by atoms with van der Waals surface area (Å²) in [7, 11) is 1.57. The number of carbonyl (C=O) groups is 5. The maximum absolute atomic E-state index is 14.0. The number of anilines is 5. The van der Waals surface area contributed by atoms with Crippen molar-refractivity contribution in [1.29, 1.82) is 0 Å². The maximum atomic E-state index is 14.0. The third-order valence-electron chi connectivity index (χ3n) is 16.1. The van der Waals surface area contributed by atoms with Crippen molar-refractivity contribution in [2.24, 2.45) is 0 Å². The van der Waals surface area contributed by atoms with Gasteiger partial charge in [-0.25, -0.2) is 14.4 Å². The number of ether oxygens (including phenoxy) is 6. The van der Waals surface area contributed by atoms with Crippen molar-refractivity contribution < 1.29 is 56.8 Å². The van der Waals surface area contributed by atoms with E-state index in [9.17, 15) is 28.4 Å². The number of rotatable bonds is 21. The number of methoxy groups -OCH3 is 1. The zero-order valence-electron chi connectivity index (χ0n) is 63.9. The zero-order valence-corrected chi connectivity index (χ0v) is 63.9. The molecule has 0 saturated carbocycles. The van der Waals surface area contributed by atoms with E-state index in [0.717, 1.165) is 17.0 Å². The number of pyridine rings is 7. The molecule has 15 rings (SSSR count). The van der Waals surface area contributed by atoms with E-state index in [1.165, 1.54) is 6.07 Å². The fraction of sp³-hybridized carbons (Fsp3) is 0.0737. The summed E-state index contributed by atoms with van der Waals surface area (Å²) >= 11 is 0. The Hall–Kier alpha value is -16.1. The molecule has 0 saturated heterocycles. The number of hydrogen-bond acceptors (Lipinski definition) is 18. The number of aryl methyl sites for hydroxylation is 4. The molecule has 0 aliphatic rings. The number of nitrogens with zero attached hydrogens (tertiary/aromatic N) is 7. The van der Waals surface area contributed by atoms with Gasteiger partial charge in [0.25, 0.3) is 29.5 Å². The van der Waals surface area contributed by atoms with Crippen molar-refractivity contribution in [3.8, 4) is 63.2 Å². The molecule has 598 valence electrons. The number of halogens is 1. The number of hydrogen-bond donors (Lipinski definition) is 5. The Labute approximate surface area is 689 Å². The average Bonchev–Trinajstić information content (AvgIpc) is 0.848. The summed E-state index contributed by atoms with van der Waals surface area (Å²) in [6.07, 6.45) is 16.5. The lowest BCUT2D eigenvalue weighted by atomic mass is 10.1. The van der Waals surface area contributed by atoms with Crippen molar-refractivity contribution in [2.75, 3.05) is 33.7 Å². The standard InChI is InChI=1S/C19H15FN2O2.C19H16N2O3.C19H16N2O2.2C18H15N3O2.2CH4/c1-13-5-2-9-17(18(13)20)19(23)22-14-6-3-7-15(11-14)24-16-8-4-10-21-12-16;1-23-16-7-2-5-14(11-16)19(22)21-15-6-3-8-17(12-15)24-18-9-4-10-20-13-18;1-14-5-2-6-15(11-14)19(22)21-16-7-3-8-17(12-16)23-18-9-4-10-20-13-18;2*1-13-5-2-9-17(20-13)18(22)21-14-6-3-7-15(11-14)23-16-8-4-10-19-12-16;;/h2-12H,1H3,(H,22,23);2-13H,1H3,(H,21,22);2-13H,1H3,(H,21,22);2*2-12H,1H3,(H,21,22);2*1H4. The van der Waals surface area contributed by atoms with Crippen LogP contribution >= 0.6 is 0 Å². The summed E-state index contributed by atoms with van der Waals surface area (Å²) in [5.41, 5.74) is 8.10. The minimum atomic E-state index is -0.516. The van der Waals surface area contributed by atoms with E-state index >= 15 is 0 Å². The van der Waals surface area contributed by atoms with Crippen LogP contribution in [0, 0.1) is 33.5 Å². The molecule has 7 aromatic heterocycles. The molecule has 0 aliphatic heterocycles. The van der Waals surface area contributed by atoms with Crippen LogP contribution in [-0.4, -0.2) is 71.5 Å². The Bertz CT molecular complexity index is 5480. The van der Waals surface area contributed by atoms with E-state index in [-0.39, 0.29) is 44.0 Å². The van der Waals surface area contributed by atoms with Crippen LogP contribution in [0.1, 0.15) is 89.4 Å². The summed E-state index contributed by atoms with van der Waals surface area (Å²) in [6, 6.07) is 83.5. The van der Waals surface area contributed by atoms with Gasteiger partial charge in [0.05, 0.1) is 43.7 Å². The van der Waals surface area contributed by atoms with Crippen LogP contribution in [0.2, 0.25) is 0 Å². The van der Waals surface area contributed by atoms with Crippen molar-refractivity contribution in [3.05, 3.63) is 403 Å². The molecule has 23 nitrogen and oxygen atoms in total. The predicted molar refractivity (Wildman–Crippen MR) is 460 cm³/mol. The van der Waals surface area contributed by atoms with Gasteiger partial charge >= 0.3 is 0 Å². The highest BCUT2D eigenvalue weighted by Gasteiger charge is 2.16. The number of nitrogens with one attached hydrogen (secondary N) is 5. The third-order valence-corrected chi connectivity index (χ3v) is 16.1. The van der Waals surface area contributed by atoms with Crippen molar-refractivity contribution in [2.45, 2.75) is 42.5 Å². The highest BCUT2D eigenvalue weighted by Crippen LogP contribution is 2.30. The fourth-order valence-electron chi connectivity index (χ4n) is 10.6. The van der Waals surface area contributed by atoms with Crippen LogP contribution in [0.25, 0.3) is 0 Å². The minimum Gasteiger partial charge on any atom is -0.497 e. The van der Waals surface area contributed by atoms with Crippen LogP contribution in [0.4, 0.5) is 32.8 Å². The van der Waals surface area contributed by atoms with Crippen molar-refractivity contribution >= 4 is 58.0 Å². The van der Waals surface area contributed by atoms with Gasteiger partial charge in [0.2, 0.25) is 0 Å². The first-order valence-corrected chi connectivity index (χ1v) is 36.3. The number of amides is 5. The second-order valence-electron chi connectivity index (χ2n) is 25.2. The summed E-state index contributed by atoms with van der Waals surface area (Å²) in [6.45, 7) is 7.27. The van der Waals surface area contributed by atoms with Gasteiger partial charge in [0.1, 0.15) is 80.4 Å². The second-order valence-corrected chi connectivity index (χ2v) is 25.2. The lowest BCUT2D eigenvalue weighted by Gasteiger charge is -2.10. The van der Waals surface area contributed by atoms with E-state index in [1.807, 2.05) is 130 Å². The van der Waals surface area contributed by atoms with Gasteiger partial charge in [0.15, 0.2) is 0 Å². The quantitative estimate of drug-likeness (QED) is 0.0447. The molecule has 0 radical (unpaired) electrons. The highest BCUT2D eigenvalue weighted by atomic mass is 19.1. The number of carbonyl (C=O) groups excluding carboxylic acids is 5. The smallest absolute Gasteiger partial charge is 0.274 e. The largest absolute Gasteiger partial charge is 0.497 e. The molecule has 8 aromatic carbocycles. The maximum Gasteiger partial charge on any atom is 0.274 e. The van der Waals surface area contributed by atoms with Crippen LogP contribution in [0.15, 0.2) is 347 Å². The fourth-order valence-corrected chi connectivity index (χ4v) is 10.6. The van der Waals surface area contributed by atoms with E-state index < -0.39 is 11.7 Å². The molecule has 7 heterocycles. The molecule has 5 amide bonds. The second kappa shape index (κ2) is 45.0. The number of benzene rings is 8. The first-order chi connectivity index (χ1) is 57.0. The van der Waals surface area contributed by atoms with Gasteiger partial charge in [-0.15, -0.1) is 0 Å². The molecular formula is C95H85FN12O11. The molecule has 0 bridgehead atoms. The monoisotopic (exact) mass is 1590 g/mol. The first-order valence-electron chi connectivity index (χ1n) is 36.3. The molecule has 5 N–H and O–H groups in total. The van der Waals surface area contributed by atoms with Crippen LogP contribution in [-0.2, 0) is 0 Å². The third kappa shape index (κ3) is 28.2. The lowest BCUT2D eigenvalue weighted by molar-refractivity contribution is 0.101. The van der Waals surface area contributed by atoms with Gasteiger partial charge in [-0.1, -0.05) is 93.2 Å². The Morgan fingerprint density at radius 2 is 0.571 bits per heavy atom. The summed E-state index contributed by atoms with van der Waals surface area (Å²) in [5, 5.41) is 14.0. The SMILES string of the molecule is C.C.COc1cccc(C(=O)Nc2cccc(Oc3cccnc3)c2)c1.Cc1cccc(C(=O)Nc2cccc(Oc3cccnc3)c2)c1.Cc1cccc(C(=O)Nc2cccc(Oc3cccnc3)c2)c1F.Cc1cccc(C(=O)Nc2cccc(Oc3cccnc3)c2)n1.Cc1cccc(C(=O)Nc2cccc(Oc3cccnc3)c2)n1. The molecule has 0 spiro atoms. The Kier molecular flexibility index (Phi) is 32.8. The Balaban J connectivity index is 0.000000169. The zero-order chi connectivity index (χ0) is 81.9. The summed E-state index contributed by atoms with van der Waals surface area (Å²) in [5.74, 6) is 4.92. The normalized spacial score (nSPS) is 9.97. The first kappa shape index (κ1) is 86.9. The molecule has 0 unspecified atom stereocenters.